The number of carbonyl (C=O) groups is 4. The standard InChI is InChI=1S/C38H40FN5O7/c1-23(40-19-33(46)50-21-25-9-5-3-6-10-25)36(47)42-34(24(2)45)37(48)43-16-15-32-35(43)30(29-18-41-31-17-27(39)13-14-28(29)31)20-44(32)38(49)51-22-26-11-7-4-8-12-26/h3-18,23-24,30,32,34-35,40-41,45H,19-22H2,1-2H3,(H,42,47). The molecular formula is C38H40FN5O7. The van der Waals surface area contributed by atoms with Crippen LogP contribution in [0.15, 0.2) is 97.3 Å². The highest BCUT2D eigenvalue weighted by molar-refractivity contribution is 5.92. The SMILES string of the molecule is CC(NCC(=O)OCc1ccccc1)C(=O)NC(C(=O)N1C=CC2C1C(c1c[nH]c3cc(F)ccc13)CN2C(=O)OCc1ccccc1)C(C)O. The van der Waals surface area contributed by atoms with Gasteiger partial charge in [0, 0.05) is 35.8 Å². The number of aromatic amines is 1. The molecular weight excluding hydrogens is 657 g/mol. The molecule has 13 heteroatoms. The van der Waals surface area contributed by atoms with Gasteiger partial charge in [-0.2, -0.15) is 0 Å². The summed E-state index contributed by atoms with van der Waals surface area (Å²) in [5.74, 6) is -2.61. The van der Waals surface area contributed by atoms with E-state index in [1.807, 2.05) is 60.7 Å². The summed E-state index contributed by atoms with van der Waals surface area (Å²) >= 11 is 0. The molecule has 1 fully saturated rings. The number of aromatic nitrogens is 1. The van der Waals surface area contributed by atoms with Crippen molar-refractivity contribution in [2.24, 2.45) is 0 Å². The average molecular weight is 698 g/mol. The zero-order valence-corrected chi connectivity index (χ0v) is 28.2. The fourth-order valence-corrected chi connectivity index (χ4v) is 6.60. The van der Waals surface area contributed by atoms with Gasteiger partial charge in [-0.1, -0.05) is 60.7 Å². The van der Waals surface area contributed by atoms with Crippen molar-refractivity contribution in [1.29, 1.82) is 0 Å². The summed E-state index contributed by atoms with van der Waals surface area (Å²) in [6.45, 7) is 3.01. The maximum atomic E-state index is 14.2. The molecule has 266 valence electrons. The third kappa shape index (κ3) is 7.95. The summed E-state index contributed by atoms with van der Waals surface area (Å²) in [6, 6.07) is 19.4. The Labute approximate surface area is 294 Å². The van der Waals surface area contributed by atoms with Crippen LogP contribution in [0.3, 0.4) is 0 Å². The molecule has 51 heavy (non-hydrogen) atoms. The van der Waals surface area contributed by atoms with Crippen molar-refractivity contribution in [3.8, 4) is 0 Å². The van der Waals surface area contributed by atoms with E-state index in [4.69, 9.17) is 9.47 Å². The van der Waals surface area contributed by atoms with Crippen molar-refractivity contribution >= 4 is 34.8 Å². The molecule has 6 rings (SSSR count). The molecule has 4 N–H and O–H groups in total. The van der Waals surface area contributed by atoms with Gasteiger partial charge in [0.05, 0.1) is 30.8 Å². The summed E-state index contributed by atoms with van der Waals surface area (Å²) in [5, 5.41) is 16.9. The van der Waals surface area contributed by atoms with Gasteiger partial charge in [-0.15, -0.1) is 0 Å². The number of ether oxygens (including phenoxy) is 2. The summed E-state index contributed by atoms with van der Waals surface area (Å²) in [5.41, 5.74) is 2.98. The second-order valence-electron chi connectivity index (χ2n) is 12.8. The van der Waals surface area contributed by atoms with E-state index in [1.165, 1.54) is 30.9 Å². The first-order valence-corrected chi connectivity index (χ1v) is 16.8. The van der Waals surface area contributed by atoms with Crippen molar-refractivity contribution in [1.82, 2.24) is 25.4 Å². The summed E-state index contributed by atoms with van der Waals surface area (Å²) < 4.78 is 25.0. The Kier molecular flexibility index (Phi) is 10.8. The minimum atomic E-state index is -1.35. The molecule has 4 aromatic rings. The van der Waals surface area contributed by atoms with Gasteiger partial charge in [0.1, 0.15) is 25.1 Å². The molecule has 6 atom stereocenters. The number of rotatable bonds is 12. The molecule has 0 saturated carbocycles. The van der Waals surface area contributed by atoms with Gasteiger partial charge in [-0.05, 0) is 54.8 Å². The molecule has 3 aromatic carbocycles. The lowest BCUT2D eigenvalue weighted by Gasteiger charge is -2.32. The Morgan fingerprint density at radius 3 is 2.29 bits per heavy atom. The number of fused-ring (bicyclic) bond motifs is 2. The largest absolute Gasteiger partial charge is 0.460 e. The third-order valence-electron chi connectivity index (χ3n) is 9.28. The van der Waals surface area contributed by atoms with Gasteiger partial charge < -0.3 is 29.8 Å². The van der Waals surface area contributed by atoms with Crippen LogP contribution in [0, 0.1) is 5.82 Å². The lowest BCUT2D eigenvalue weighted by atomic mass is 9.90. The lowest BCUT2D eigenvalue weighted by molar-refractivity contribution is -0.144. The normalized spacial score (nSPS) is 19.7. The van der Waals surface area contributed by atoms with E-state index in [0.717, 1.165) is 22.1 Å². The highest BCUT2D eigenvalue weighted by Gasteiger charge is 2.52. The highest BCUT2D eigenvalue weighted by atomic mass is 19.1. The number of benzene rings is 3. The minimum Gasteiger partial charge on any atom is -0.460 e. The van der Waals surface area contributed by atoms with E-state index in [1.54, 1.807) is 29.4 Å². The Balaban J connectivity index is 1.16. The zero-order valence-electron chi connectivity index (χ0n) is 28.2. The lowest BCUT2D eigenvalue weighted by Crippen LogP contribution is -2.58. The number of H-pyrrole nitrogens is 1. The van der Waals surface area contributed by atoms with Crippen molar-refractivity contribution < 1.29 is 38.1 Å². The molecule has 3 heterocycles. The molecule has 0 aliphatic carbocycles. The van der Waals surface area contributed by atoms with Crippen molar-refractivity contribution in [3.63, 3.8) is 0 Å². The van der Waals surface area contributed by atoms with E-state index >= 15 is 0 Å². The molecule has 1 saturated heterocycles. The number of likely N-dealkylation sites (tertiary alicyclic amines) is 1. The van der Waals surface area contributed by atoms with Gasteiger partial charge in [0.25, 0.3) is 5.91 Å². The fourth-order valence-electron chi connectivity index (χ4n) is 6.60. The molecule has 12 nitrogen and oxygen atoms in total. The monoisotopic (exact) mass is 697 g/mol. The number of nitrogens with one attached hydrogen (secondary N) is 3. The molecule has 6 unspecified atom stereocenters. The van der Waals surface area contributed by atoms with Crippen molar-refractivity contribution in [2.45, 2.75) is 63.3 Å². The van der Waals surface area contributed by atoms with Crippen molar-refractivity contribution in [3.05, 3.63) is 120 Å². The van der Waals surface area contributed by atoms with E-state index in [-0.39, 0.29) is 26.3 Å². The van der Waals surface area contributed by atoms with Crippen LogP contribution in [0.4, 0.5) is 9.18 Å². The average Bonchev–Trinajstić information content (AvgIpc) is 3.86. The first kappa shape index (κ1) is 35.3. The predicted molar refractivity (Wildman–Crippen MR) is 185 cm³/mol. The Hall–Kier alpha value is -5.53. The van der Waals surface area contributed by atoms with Gasteiger partial charge >= 0.3 is 12.1 Å². The third-order valence-corrected chi connectivity index (χ3v) is 9.28. The topological polar surface area (TPSA) is 153 Å². The first-order valence-electron chi connectivity index (χ1n) is 16.8. The molecule has 0 spiro atoms. The van der Waals surface area contributed by atoms with Crippen LogP contribution >= 0.6 is 0 Å². The number of amides is 3. The molecule has 3 amide bonds. The van der Waals surface area contributed by atoms with Gasteiger partial charge in [-0.25, -0.2) is 9.18 Å². The number of aliphatic hydroxyl groups excluding tert-OH is 1. The van der Waals surface area contributed by atoms with E-state index in [2.05, 4.69) is 15.6 Å². The van der Waals surface area contributed by atoms with Crippen LogP contribution in [0.5, 0.6) is 0 Å². The van der Waals surface area contributed by atoms with E-state index in [0.29, 0.717) is 5.52 Å². The van der Waals surface area contributed by atoms with Crippen molar-refractivity contribution in [2.75, 3.05) is 13.1 Å². The van der Waals surface area contributed by atoms with Crippen LogP contribution < -0.4 is 10.6 Å². The minimum absolute atomic E-state index is 0.0596. The number of aliphatic hydroxyl groups is 1. The first-order chi connectivity index (χ1) is 24.6. The second-order valence-corrected chi connectivity index (χ2v) is 12.8. The van der Waals surface area contributed by atoms with Crippen LogP contribution in [-0.4, -0.2) is 87.1 Å². The highest BCUT2D eigenvalue weighted by Crippen LogP contribution is 2.42. The molecule has 0 bridgehead atoms. The molecule has 1 aromatic heterocycles. The van der Waals surface area contributed by atoms with Gasteiger partial charge in [0.2, 0.25) is 5.91 Å². The van der Waals surface area contributed by atoms with E-state index < -0.39 is 65.9 Å². The van der Waals surface area contributed by atoms with Crippen LogP contribution in [0.1, 0.15) is 36.5 Å². The van der Waals surface area contributed by atoms with Gasteiger partial charge in [-0.3, -0.25) is 24.6 Å². The van der Waals surface area contributed by atoms with Crippen LogP contribution in [0.25, 0.3) is 10.9 Å². The van der Waals surface area contributed by atoms with Crippen LogP contribution in [0.2, 0.25) is 0 Å². The Morgan fingerprint density at radius 1 is 0.961 bits per heavy atom. The number of nitrogens with zero attached hydrogens (tertiary/aromatic N) is 2. The summed E-state index contributed by atoms with van der Waals surface area (Å²) in [7, 11) is 0. The Bertz CT molecular complexity index is 1900. The molecule has 2 aliphatic rings. The summed E-state index contributed by atoms with van der Waals surface area (Å²) in [4.78, 5) is 59.3. The van der Waals surface area contributed by atoms with E-state index in [9.17, 15) is 28.7 Å². The number of hydrogen-bond donors (Lipinski definition) is 4. The second kappa shape index (κ2) is 15.6. The van der Waals surface area contributed by atoms with Gasteiger partial charge in [0.15, 0.2) is 0 Å². The number of esters is 1. The predicted octanol–water partition coefficient (Wildman–Crippen LogP) is 3.72. The number of hydrogen-bond acceptors (Lipinski definition) is 8. The van der Waals surface area contributed by atoms with Crippen LogP contribution in [-0.2, 0) is 37.1 Å². The fraction of sp³-hybridized carbons (Fsp3) is 0.316. The quantitative estimate of drug-likeness (QED) is 0.164. The molecule has 0 radical (unpaired) electrons. The maximum absolute atomic E-state index is 14.2. The maximum Gasteiger partial charge on any atom is 0.410 e. The number of carbonyl (C=O) groups excluding carboxylic acids is 4. The zero-order chi connectivity index (χ0) is 36.1. The summed E-state index contributed by atoms with van der Waals surface area (Å²) in [6.07, 6.45) is 3.18. The Morgan fingerprint density at radius 2 is 1.63 bits per heavy atom. The molecule has 2 aliphatic heterocycles. The smallest absolute Gasteiger partial charge is 0.410 e. The number of halogens is 1.